The summed E-state index contributed by atoms with van der Waals surface area (Å²) in [6.07, 6.45) is 2.97. The molecule has 29 heavy (non-hydrogen) atoms. The molecule has 0 unspecified atom stereocenters. The van der Waals surface area contributed by atoms with E-state index in [1.54, 1.807) is 22.7 Å². The standard InChI is InChI=1S/C23H16BrNO3S/c24-17-7-5-6-16(14-17)12-13-23(27)28-15-22(26)25-18-8-1-3-10-20(18)29-21-11-4-2-9-19(21)25/h1-14H,15H2. The van der Waals surface area contributed by atoms with Crippen LogP contribution < -0.4 is 4.90 Å². The number of anilines is 2. The third-order valence-corrected chi connectivity index (χ3v) is 5.90. The quantitative estimate of drug-likeness (QED) is 0.358. The van der Waals surface area contributed by atoms with Crippen molar-refractivity contribution in [2.24, 2.45) is 0 Å². The lowest BCUT2D eigenvalue weighted by atomic mass is 10.2. The number of fused-ring (bicyclic) bond motifs is 2. The van der Waals surface area contributed by atoms with Crippen LogP contribution in [0.3, 0.4) is 0 Å². The van der Waals surface area contributed by atoms with Crippen molar-refractivity contribution in [3.05, 3.63) is 88.9 Å². The van der Waals surface area contributed by atoms with Gasteiger partial charge < -0.3 is 4.74 Å². The van der Waals surface area contributed by atoms with Crippen molar-refractivity contribution in [3.63, 3.8) is 0 Å². The number of hydrogen-bond acceptors (Lipinski definition) is 4. The van der Waals surface area contributed by atoms with E-state index in [4.69, 9.17) is 4.74 Å². The third-order valence-electron chi connectivity index (χ3n) is 4.28. The highest BCUT2D eigenvalue weighted by Gasteiger charge is 2.28. The van der Waals surface area contributed by atoms with Crippen LogP contribution in [0.5, 0.6) is 0 Å². The molecule has 0 aliphatic carbocycles. The molecule has 0 atom stereocenters. The maximum atomic E-state index is 13.0. The molecule has 4 nitrogen and oxygen atoms in total. The molecule has 1 aliphatic heterocycles. The zero-order valence-electron chi connectivity index (χ0n) is 15.2. The maximum absolute atomic E-state index is 13.0. The number of ether oxygens (including phenoxy) is 1. The lowest BCUT2D eigenvalue weighted by Crippen LogP contribution is -2.32. The molecule has 4 rings (SSSR count). The summed E-state index contributed by atoms with van der Waals surface area (Å²) in [4.78, 5) is 28.6. The predicted octanol–water partition coefficient (Wildman–Crippen LogP) is 5.84. The van der Waals surface area contributed by atoms with Gasteiger partial charge in [0.15, 0.2) is 6.61 Å². The van der Waals surface area contributed by atoms with Gasteiger partial charge in [0.05, 0.1) is 11.4 Å². The lowest BCUT2D eigenvalue weighted by Gasteiger charge is -2.30. The molecule has 1 heterocycles. The Hall–Kier alpha value is -2.83. The normalized spacial score (nSPS) is 12.4. The molecule has 6 heteroatoms. The summed E-state index contributed by atoms with van der Waals surface area (Å²) in [7, 11) is 0. The smallest absolute Gasteiger partial charge is 0.331 e. The van der Waals surface area contributed by atoms with E-state index in [1.165, 1.54) is 6.08 Å². The Bertz CT molecular complexity index is 1070. The van der Waals surface area contributed by atoms with Gasteiger partial charge in [-0.15, -0.1) is 0 Å². The molecule has 0 spiro atoms. The van der Waals surface area contributed by atoms with Gasteiger partial charge in [-0.2, -0.15) is 0 Å². The Morgan fingerprint density at radius 3 is 2.24 bits per heavy atom. The Morgan fingerprint density at radius 1 is 0.931 bits per heavy atom. The van der Waals surface area contributed by atoms with E-state index in [9.17, 15) is 9.59 Å². The van der Waals surface area contributed by atoms with E-state index in [-0.39, 0.29) is 12.5 Å². The third kappa shape index (κ3) is 4.44. The van der Waals surface area contributed by atoms with Crippen LogP contribution in [0.4, 0.5) is 11.4 Å². The first kappa shape index (κ1) is 19.5. The number of nitrogens with zero attached hydrogens (tertiary/aromatic N) is 1. The molecule has 0 N–H and O–H groups in total. The molecule has 3 aromatic carbocycles. The summed E-state index contributed by atoms with van der Waals surface area (Å²) in [6, 6.07) is 22.9. The van der Waals surface area contributed by atoms with Crippen LogP contribution in [0.2, 0.25) is 0 Å². The minimum Gasteiger partial charge on any atom is -0.452 e. The second-order valence-corrected chi connectivity index (χ2v) is 8.26. The van der Waals surface area contributed by atoms with E-state index in [2.05, 4.69) is 15.9 Å². The fraction of sp³-hybridized carbons (Fsp3) is 0.0435. The molecule has 0 aromatic heterocycles. The minimum atomic E-state index is -0.564. The zero-order chi connectivity index (χ0) is 20.2. The van der Waals surface area contributed by atoms with Gasteiger partial charge in [0.2, 0.25) is 0 Å². The molecule has 0 saturated carbocycles. The van der Waals surface area contributed by atoms with E-state index < -0.39 is 5.97 Å². The molecule has 0 saturated heterocycles. The lowest BCUT2D eigenvalue weighted by molar-refractivity contribution is -0.142. The minimum absolute atomic E-state index is 0.297. The summed E-state index contributed by atoms with van der Waals surface area (Å²) in [5.41, 5.74) is 2.45. The van der Waals surface area contributed by atoms with Crippen LogP contribution in [0, 0.1) is 0 Å². The highest BCUT2D eigenvalue weighted by atomic mass is 79.9. The van der Waals surface area contributed by atoms with Crippen molar-refractivity contribution in [2.45, 2.75) is 9.79 Å². The number of carbonyl (C=O) groups is 2. The number of esters is 1. The van der Waals surface area contributed by atoms with Crippen molar-refractivity contribution < 1.29 is 14.3 Å². The molecule has 3 aromatic rings. The predicted molar refractivity (Wildman–Crippen MR) is 118 cm³/mol. The zero-order valence-corrected chi connectivity index (χ0v) is 17.7. The Kier molecular flexibility index (Phi) is 5.83. The topological polar surface area (TPSA) is 46.6 Å². The van der Waals surface area contributed by atoms with Gasteiger partial charge in [-0.05, 0) is 48.0 Å². The summed E-state index contributed by atoms with van der Waals surface area (Å²) in [5, 5.41) is 0. The molecule has 0 bridgehead atoms. The van der Waals surface area contributed by atoms with Gasteiger partial charge in [0, 0.05) is 20.3 Å². The van der Waals surface area contributed by atoms with Gasteiger partial charge >= 0.3 is 5.97 Å². The van der Waals surface area contributed by atoms with E-state index in [1.807, 2.05) is 72.8 Å². The second-order valence-electron chi connectivity index (χ2n) is 6.26. The van der Waals surface area contributed by atoms with Gasteiger partial charge in [-0.1, -0.05) is 64.1 Å². The Balaban J connectivity index is 1.48. The first-order chi connectivity index (χ1) is 14.1. The number of benzene rings is 3. The first-order valence-corrected chi connectivity index (χ1v) is 10.5. The molecule has 1 aliphatic rings. The highest BCUT2D eigenvalue weighted by Crippen LogP contribution is 2.47. The van der Waals surface area contributed by atoms with Crippen LogP contribution in [0.15, 0.2) is 93.1 Å². The van der Waals surface area contributed by atoms with Crippen LogP contribution in [-0.4, -0.2) is 18.5 Å². The summed E-state index contributed by atoms with van der Waals surface area (Å²) in [6.45, 7) is -0.338. The van der Waals surface area contributed by atoms with Crippen LogP contribution in [0.1, 0.15) is 5.56 Å². The number of rotatable bonds is 4. The van der Waals surface area contributed by atoms with Crippen LogP contribution >= 0.6 is 27.7 Å². The van der Waals surface area contributed by atoms with Crippen molar-refractivity contribution in [1.82, 2.24) is 0 Å². The number of hydrogen-bond donors (Lipinski definition) is 0. The average Bonchev–Trinajstić information content (AvgIpc) is 2.74. The summed E-state index contributed by atoms with van der Waals surface area (Å²) < 4.78 is 6.12. The van der Waals surface area contributed by atoms with Gasteiger partial charge in [0.1, 0.15) is 0 Å². The first-order valence-electron chi connectivity index (χ1n) is 8.91. The Morgan fingerprint density at radius 2 is 1.59 bits per heavy atom. The van der Waals surface area contributed by atoms with Gasteiger partial charge in [-0.3, -0.25) is 9.69 Å². The van der Waals surface area contributed by atoms with Crippen molar-refractivity contribution in [3.8, 4) is 0 Å². The van der Waals surface area contributed by atoms with Gasteiger partial charge in [0.25, 0.3) is 5.91 Å². The fourth-order valence-electron chi connectivity index (χ4n) is 2.99. The van der Waals surface area contributed by atoms with Crippen molar-refractivity contribution >= 4 is 57.0 Å². The van der Waals surface area contributed by atoms with E-state index >= 15 is 0 Å². The largest absolute Gasteiger partial charge is 0.452 e. The number of para-hydroxylation sites is 2. The van der Waals surface area contributed by atoms with Crippen molar-refractivity contribution in [1.29, 1.82) is 0 Å². The van der Waals surface area contributed by atoms with Crippen LogP contribution in [0.25, 0.3) is 6.08 Å². The molecule has 0 fully saturated rings. The maximum Gasteiger partial charge on any atom is 0.331 e. The summed E-state index contributed by atoms with van der Waals surface area (Å²) in [5.74, 6) is -0.860. The number of halogens is 1. The average molecular weight is 466 g/mol. The number of amides is 1. The second kappa shape index (κ2) is 8.68. The monoisotopic (exact) mass is 465 g/mol. The van der Waals surface area contributed by atoms with E-state index in [0.29, 0.717) is 0 Å². The highest BCUT2D eigenvalue weighted by molar-refractivity contribution is 9.10. The molecule has 1 amide bonds. The van der Waals surface area contributed by atoms with E-state index in [0.717, 1.165) is 31.2 Å². The van der Waals surface area contributed by atoms with Crippen molar-refractivity contribution in [2.75, 3.05) is 11.5 Å². The molecule has 0 radical (unpaired) electrons. The van der Waals surface area contributed by atoms with Gasteiger partial charge in [-0.25, -0.2) is 4.79 Å². The fourth-order valence-corrected chi connectivity index (χ4v) is 4.47. The molecule has 144 valence electrons. The molecular weight excluding hydrogens is 450 g/mol. The summed E-state index contributed by atoms with van der Waals surface area (Å²) >= 11 is 5.01. The van der Waals surface area contributed by atoms with Crippen LogP contribution in [-0.2, 0) is 14.3 Å². The SMILES string of the molecule is O=C(C=Cc1cccc(Br)c1)OCC(=O)N1c2ccccc2Sc2ccccc21. The Labute approximate surface area is 181 Å². The number of carbonyl (C=O) groups excluding carboxylic acids is 2. The molecular formula is C23H16BrNO3S.